The lowest BCUT2D eigenvalue weighted by Crippen LogP contribution is -2.49. The maximum absolute atomic E-state index is 11.5. The molecule has 1 rings (SSSR count). The Morgan fingerprint density at radius 1 is 1.40 bits per heavy atom. The second-order valence-electron chi connectivity index (χ2n) is 3.22. The van der Waals surface area contributed by atoms with Crippen molar-refractivity contribution in [2.24, 2.45) is 5.90 Å². The van der Waals surface area contributed by atoms with Crippen LogP contribution in [0.4, 0.5) is 0 Å². The lowest BCUT2D eigenvalue weighted by Gasteiger charge is -2.27. The molecule has 0 aromatic heterocycles. The highest BCUT2D eigenvalue weighted by Gasteiger charge is 2.16. The minimum atomic E-state index is -0.388. The number of nitrogens with zero attached hydrogens (tertiary/aromatic N) is 1. The topological polar surface area (TPSA) is 96.7 Å². The number of nitrogens with two attached hydrogens (primary N) is 1. The van der Waals surface area contributed by atoms with E-state index >= 15 is 0 Å². The van der Waals surface area contributed by atoms with Crippen molar-refractivity contribution in [2.75, 3.05) is 39.3 Å². The monoisotopic (exact) mass is 216 g/mol. The van der Waals surface area contributed by atoms with Gasteiger partial charge in [-0.05, 0) is 0 Å². The summed E-state index contributed by atoms with van der Waals surface area (Å²) < 4.78 is 0. The van der Waals surface area contributed by atoms with E-state index < -0.39 is 0 Å². The van der Waals surface area contributed by atoms with Crippen LogP contribution in [0.25, 0.3) is 0 Å². The van der Waals surface area contributed by atoms with Gasteiger partial charge in [-0.15, -0.1) is 0 Å². The Morgan fingerprint density at radius 2 is 2.07 bits per heavy atom. The molecule has 4 N–H and O–H groups in total. The van der Waals surface area contributed by atoms with Crippen LogP contribution in [0, 0.1) is 0 Å². The molecule has 0 unspecified atom stereocenters. The number of hydrogen-bond acceptors (Lipinski definition) is 5. The molecule has 0 aromatic carbocycles. The van der Waals surface area contributed by atoms with Crippen LogP contribution >= 0.6 is 0 Å². The van der Waals surface area contributed by atoms with Gasteiger partial charge in [-0.3, -0.25) is 14.4 Å². The molecule has 2 amide bonds. The normalized spacial score (nSPS) is 16.2. The molecular formula is C8H16N4O3. The zero-order valence-corrected chi connectivity index (χ0v) is 8.49. The molecule has 0 radical (unpaired) electrons. The van der Waals surface area contributed by atoms with E-state index in [-0.39, 0.29) is 25.0 Å². The lowest BCUT2D eigenvalue weighted by molar-refractivity contribution is -0.134. The standard InChI is InChI=1S/C8H16N4O3/c9-15-6-7(13)11-5-8(14)12-3-1-10-2-4-12/h10H,1-6,9H2,(H,11,13). The van der Waals surface area contributed by atoms with Crippen LogP contribution in [0.5, 0.6) is 0 Å². The van der Waals surface area contributed by atoms with E-state index in [0.717, 1.165) is 13.1 Å². The molecule has 1 heterocycles. The van der Waals surface area contributed by atoms with Gasteiger partial charge >= 0.3 is 0 Å². The van der Waals surface area contributed by atoms with E-state index in [1.165, 1.54) is 0 Å². The fraction of sp³-hybridized carbons (Fsp3) is 0.750. The highest BCUT2D eigenvalue weighted by molar-refractivity contribution is 5.85. The third-order valence-corrected chi connectivity index (χ3v) is 2.12. The Bertz CT molecular complexity index is 228. The predicted octanol–water partition coefficient (Wildman–Crippen LogP) is -2.58. The highest BCUT2D eigenvalue weighted by Crippen LogP contribution is 1.92. The summed E-state index contributed by atoms with van der Waals surface area (Å²) in [6.07, 6.45) is 0. The number of carbonyl (C=O) groups excluding carboxylic acids is 2. The van der Waals surface area contributed by atoms with Gasteiger partial charge in [0.2, 0.25) is 11.8 Å². The molecule has 0 aliphatic carbocycles. The second-order valence-corrected chi connectivity index (χ2v) is 3.22. The van der Waals surface area contributed by atoms with E-state index in [1.54, 1.807) is 4.90 Å². The fourth-order valence-corrected chi connectivity index (χ4v) is 1.33. The number of piperazine rings is 1. The minimum absolute atomic E-state index is 0.00218. The molecule has 1 saturated heterocycles. The van der Waals surface area contributed by atoms with Crippen molar-refractivity contribution in [3.8, 4) is 0 Å². The summed E-state index contributed by atoms with van der Waals surface area (Å²) in [5.41, 5.74) is 0. The van der Waals surface area contributed by atoms with Crippen LogP contribution in [0.2, 0.25) is 0 Å². The first-order valence-corrected chi connectivity index (χ1v) is 4.81. The van der Waals surface area contributed by atoms with Crippen LogP contribution in [-0.4, -0.2) is 56.0 Å². The Morgan fingerprint density at radius 3 is 2.67 bits per heavy atom. The molecule has 0 saturated carbocycles. The van der Waals surface area contributed by atoms with Gasteiger partial charge in [-0.2, -0.15) is 0 Å². The summed E-state index contributed by atoms with van der Waals surface area (Å²) >= 11 is 0. The Kier molecular flexibility index (Phi) is 5.02. The Hall–Kier alpha value is -1.18. The van der Waals surface area contributed by atoms with Crippen molar-refractivity contribution >= 4 is 11.8 Å². The number of rotatable bonds is 4. The first-order chi connectivity index (χ1) is 7.24. The van der Waals surface area contributed by atoms with Crippen LogP contribution in [0.15, 0.2) is 0 Å². The van der Waals surface area contributed by atoms with Crippen LogP contribution in [0.1, 0.15) is 0 Å². The average Bonchev–Trinajstić information content (AvgIpc) is 2.27. The summed E-state index contributed by atoms with van der Waals surface area (Å²) in [4.78, 5) is 28.3. The number of hydrogen-bond donors (Lipinski definition) is 3. The largest absolute Gasteiger partial charge is 0.345 e. The zero-order valence-electron chi connectivity index (χ0n) is 8.49. The van der Waals surface area contributed by atoms with E-state index in [0.29, 0.717) is 13.1 Å². The third-order valence-electron chi connectivity index (χ3n) is 2.12. The van der Waals surface area contributed by atoms with Crippen molar-refractivity contribution in [3.05, 3.63) is 0 Å². The highest BCUT2D eigenvalue weighted by atomic mass is 16.6. The van der Waals surface area contributed by atoms with E-state index in [1.807, 2.05) is 0 Å². The number of amides is 2. The molecular weight excluding hydrogens is 200 g/mol. The molecule has 1 aliphatic rings. The lowest BCUT2D eigenvalue weighted by atomic mass is 10.3. The zero-order chi connectivity index (χ0) is 11.1. The summed E-state index contributed by atoms with van der Waals surface area (Å²) in [5.74, 6) is 4.24. The maximum Gasteiger partial charge on any atom is 0.248 e. The quantitative estimate of drug-likeness (QED) is 0.449. The number of carbonyl (C=O) groups is 2. The molecule has 0 bridgehead atoms. The van der Waals surface area contributed by atoms with Gasteiger partial charge in [0, 0.05) is 26.2 Å². The fourth-order valence-electron chi connectivity index (χ4n) is 1.33. The Labute approximate surface area is 87.9 Å². The van der Waals surface area contributed by atoms with Crippen LogP contribution in [-0.2, 0) is 14.4 Å². The van der Waals surface area contributed by atoms with Gasteiger partial charge in [0.15, 0.2) is 0 Å². The van der Waals surface area contributed by atoms with Crippen LogP contribution in [0.3, 0.4) is 0 Å². The van der Waals surface area contributed by atoms with Gasteiger partial charge in [0.1, 0.15) is 6.61 Å². The molecule has 7 nitrogen and oxygen atoms in total. The van der Waals surface area contributed by atoms with Gasteiger partial charge in [-0.25, -0.2) is 5.90 Å². The van der Waals surface area contributed by atoms with Gasteiger partial charge in [0.25, 0.3) is 0 Å². The SMILES string of the molecule is NOCC(=O)NCC(=O)N1CCNCC1. The van der Waals surface area contributed by atoms with Gasteiger partial charge < -0.3 is 15.5 Å². The molecule has 0 spiro atoms. The van der Waals surface area contributed by atoms with Crippen molar-refractivity contribution in [3.63, 3.8) is 0 Å². The molecule has 1 aliphatic heterocycles. The molecule has 0 atom stereocenters. The smallest absolute Gasteiger partial charge is 0.248 e. The third kappa shape index (κ3) is 4.24. The maximum atomic E-state index is 11.5. The van der Waals surface area contributed by atoms with Crippen LogP contribution < -0.4 is 16.5 Å². The molecule has 7 heteroatoms. The molecule has 86 valence electrons. The van der Waals surface area contributed by atoms with E-state index in [4.69, 9.17) is 5.90 Å². The van der Waals surface area contributed by atoms with Crippen molar-refractivity contribution in [2.45, 2.75) is 0 Å². The number of nitrogens with one attached hydrogen (secondary N) is 2. The van der Waals surface area contributed by atoms with E-state index in [2.05, 4.69) is 15.5 Å². The Balaban J connectivity index is 2.19. The molecule has 1 fully saturated rings. The minimum Gasteiger partial charge on any atom is -0.345 e. The van der Waals surface area contributed by atoms with Crippen molar-refractivity contribution < 1.29 is 14.4 Å². The average molecular weight is 216 g/mol. The summed E-state index contributed by atoms with van der Waals surface area (Å²) in [5, 5.41) is 5.56. The second kappa shape index (κ2) is 6.33. The first kappa shape index (κ1) is 11.9. The van der Waals surface area contributed by atoms with Crippen molar-refractivity contribution in [1.29, 1.82) is 0 Å². The van der Waals surface area contributed by atoms with E-state index in [9.17, 15) is 9.59 Å². The first-order valence-electron chi connectivity index (χ1n) is 4.81. The predicted molar refractivity (Wildman–Crippen MR) is 52.6 cm³/mol. The van der Waals surface area contributed by atoms with Gasteiger partial charge in [0.05, 0.1) is 6.54 Å². The molecule has 15 heavy (non-hydrogen) atoms. The summed E-state index contributed by atoms with van der Waals surface area (Å²) in [6.45, 7) is 2.73. The van der Waals surface area contributed by atoms with Gasteiger partial charge in [-0.1, -0.05) is 0 Å². The molecule has 0 aromatic rings. The summed E-state index contributed by atoms with van der Waals surface area (Å²) in [6, 6.07) is 0. The van der Waals surface area contributed by atoms with Crippen molar-refractivity contribution in [1.82, 2.24) is 15.5 Å². The summed E-state index contributed by atoms with van der Waals surface area (Å²) in [7, 11) is 0.